The Morgan fingerprint density at radius 1 is 1.08 bits per heavy atom. The quantitative estimate of drug-likeness (QED) is 0.433. The summed E-state index contributed by atoms with van der Waals surface area (Å²) < 4.78 is 62.3. The van der Waals surface area contributed by atoms with E-state index >= 15 is 0 Å². The highest BCUT2D eigenvalue weighted by atomic mass is 19.4. The van der Waals surface area contributed by atoms with Crippen LogP contribution in [0.2, 0.25) is 0 Å². The Labute approximate surface area is 147 Å². The molecule has 0 aliphatic rings. The largest absolute Gasteiger partial charge is 0.494 e. The first-order chi connectivity index (χ1) is 12.3. The lowest BCUT2D eigenvalue weighted by Gasteiger charge is -2.13. The summed E-state index contributed by atoms with van der Waals surface area (Å²) in [5.41, 5.74) is 4.31. The Kier molecular flexibility index (Phi) is 6.57. The highest BCUT2D eigenvalue weighted by Gasteiger charge is 2.34. The highest BCUT2D eigenvalue weighted by Crippen LogP contribution is 2.32. The molecule has 0 unspecified atom stereocenters. The molecule has 2 aromatic carbocycles. The van der Waals surface area contributed by atoms with Crippen molar-refractivity contribution in [3.8, 4) is 11.5 Å². The van der Waals surface area contributed by atoms with Gasteiger partial charge in [0.1, 0.15) is 23.9 Å². The predicted molar refractivity (Wildman–Crippen MR) is 86.7 cm³/mol. The molecule has 0 heterocycles. The van der Waals surface area contributed by atoms with Gasteiger partial charge in [-0.15, -0.1) is 0 Å². The number of halogens is 4. The van der Waals surface area contributed by atoms with Crippen LogP contribution in [0, 0.1) is 5.82 Å². The van der Waals surface area contributed by atoms with E-state index < -0.39 is 17.6 Å². The third-order valence-corrected chi connectivity index (χ3v) is 3.46. The van der Waals surface area contributed by atoms with Gasteiger partial charge in [0, 0.05) is 0 Å². The molecule has 2 aromatic rings. The number of hydrogen-bond donors (Lipinski definition) is 1. The Morgan fingerprint density at radius 3 is 2.50 bits per heavy atom. The molecule has 26 heavy (non-hydrogen) atoms. The van der Waals surface area contributed by atoms with Crippen LogP contribution < -0.4 is 15.2 Å². The smallest absolute Gasteiger partial charge is 0.419 e. The van der Waals surface area contributed by atoms with Crippen molar-refractivity contribution in [1.82, 2.24) is 0 Å². The van der Waals surface area contributed by atoms with E-state index in [2.05, 4.69) is 0 Å². The first-order valence-corrected chi connectivity index (χ1v) is 7.75. The summed E-state index contributed by atoms with van der Waals surface area (Å²) in [6.07, 6.45) is -3.59. The molecule has 8 heteroatoms. The lowest BCUT2D eigenvalue weighted by molar-refractivity contribution is -0.140. The number of carbonyl (C=O) groups excluding carboxylic acids is 1. The molecule has 0 radical (unpaired) electrons. The summed E-state index contributed by atoms with van der Waals surface area (Å²) in [6.45, 7) is 0.613. The molecule has 4 nitrogen and oxygen atoms in total. The number of nitrogens with two attached hydrogens (primary N) is 1. The minimum atomic E-state index is -4.80. The molecule has 0 bridgehead atoms. The minimum Gasteiger partial charge on any atom is -0.494 e. The van der Waals surface area contributed by atoms with Gasteiger partial charge in [-0.05, 0) is 48.9 Å². The fourth-order valence-electron chi connectivity index (χ4n) is 2.15. The van der Waals surface area contributed by atoms with Crippen molar-refractivity contribution < 1.29 is 31.8 Å². The van der Waals surface area contributed by atoms with Crippen molar-refractivity contribution in [2.75, 3.05) is 13.2 Å². The molecule has 0 aliphatic heterocycles. The fourth-order valence-corrected chi connectivity index (χ4v) is 2.15. The molecule has 140 valence electrons. The van der Waals surface area contributed by atoms with E-state index in [9.17, 15) is 22.4 Å². The standard InChI is InChI=1S/C18H17F4NO3/c19-16-4-2-12(8-15(16)18(20,21)22)11-26-17-5-3-14(9-13(17)10-24)25-7-1-6-23/h2-5,8-10H,1,6-7,11,23H2. The Bertz CT molecular complexity index is 763. The number of benzene rings is 2. The molecule has 0 aromatic heterocycles. The van der Waals surface area contributed by atoms with E-state index in [0.717, 1.165) is 6.07 Å². The zero-order valence-corrected chi connectivity index (χ0v) is 13.7. The van der Waals surface area contributed by atoms with Crippen LogP contribution in [-0.2, 0) is 12.8 Å². The van der Waals surface area contributed by atoms with Crippen molar-refractivity contribution in [1.29, 1.82) is 0 Å². The van der Waals surface area contributed by atoms with Gasteiger partial charge in [-0.1, -0.05) is 6.07 Å². The maximum absolute atomic E-state index is 13.3. The van der Waals surface area contributed by atoms with E-state index in [1.165, 1.54) is 18.2 Å². The third-order valence-electron chi connectivity index (χ3n) is 3.46. The first kappa shape index (κ1) is 19.7. The summed E-state index contributed by atoms with van der Waals surface area (Å²) in [5, 5.41) is 0. The molecule has 0 amide bonds. The number of rotatable bonds is 8. The summed E-state index contributed by atoms with van der Waals surface area (Å²) >= 11 is 0. The molecule has 2 N–H and O–H groups in total. The van der Waals surface area contributed by atoms with Crippen LogP contribution in [-0.4, -0.2) is 19.4 Å². The fraction of sp³-hybridized carbons (Fsp3) is 0.278. The van der Waals surface area contributed by atoms with Crippen molar-refractivity contribution in [2.45, 2.75) is 19.2 Å². The average Bonchev–Trinajstić information content (AvgIpc) is 2.60. The maximum atomic E-state index is 13.3. The van der Waals surface area contributed by atoms with E-state index in [-0.39, 0.29) is 23.5 Å². The van der Waals surface area contributed by atoms with Crippen molar-refractivity contribution in [3.63, 3.8) is 0 Å². The van der Waals surface area contributed by atoms with Crippen molar-refractivity contribution >= 4 is 6.29 Å². The molecular formula is C18H17F4NO3. The Balaban J connectivity index is 2.10. The predicted octanol–water partition coefficient (Wildman–Crippen LogP) is 3.96. The van der Waals surface area contributed by atoms with E-state index in [1.807, 2.05) is 0 Å². The molecule has 2 rings (SSSR count). The normalized spacial score (nSPS) is 11.3. The van der Waals surface area contributed by atoms with Gasteiger partial charge in [-0.25, -0.2) is 4.39 Å². The summed E-state index contributed by atoms with van der Waals surface area (Å²) in [5.74, 6) is -0.716. The van der Waals surface area contributed by atoms with Crippen LogP contribution in [0.5, 0.6) is 11.5 Å². The summed E-state index contributed by atoms with van der Waals surface area (Å²) in [6, 6.07) is 7.12. The van der Waals surface area contributed by atoms with Gasteiger partial charge >= 0.3 is 6.18 Å². The first-order valence-electron chi connectivity index (χ1n) is 7.75. The van der Waals surface area contributed by atoms with Gasteiger partial charge in [-0.2, -0.15) is 13.2 Å². The molecule has 0 aliphatic carbocycles. The molecule has 0 saturated heterocycles. The SMILES string of the molecule is NCCCOc1ccc(OCc2ccc(F)c(C(F)(F)F)c2)c(C=O)c1. The van der Waals surface area contributed by atoms with Gasteiger partial charge in [0.05, 0.1) is 17.7 Å². The number of carbonyl (C=O) groups is 1. The van der Waals surface area contributed by atoms with E-state index in [0.29, 0.717) is 37.7 Å². The Hall–Kier alpha value is -2.61. The van der Waals surface area contributed by atoms with Crippen LogP contribution in [0.3, 0.4) is 0 Å². The van der Waals surface area contributed by atoms with Crippen LogP contribution >= 0.6 is 0 Å². The van der Waals surface area contributed by atoms with Gasteiger partial charge in [0.25, 0.3) is 0 Å². The van der Waals surface area contributed by atoms with Crippen LogP contribution in [0.15, 0.2) is 36.4 Å². The molecule has 0 atom stereocenters. The monoisotopic (exact) mass is 371 g/mol. The maximum Gasteiger partial charge on any atom is 0.419 e. The van der Waals surface area contributed by atoms with Crippen LogP contribution in [0.25, 0.3) is 0 Å². The molecule has 0 fully saturated rings. The average molecular weight is 371 g/mol. The van der Waals surface area contributed by atoms with E-state index in [1.54, 1.807) is 6.07 Å². The van der Waals surface area contributed by atoms with Crippen LogP contribution in [0.1, 0.15) is 27.9 Å². The molecular weight excluding hydrogens is 354 g/mol. The second-order valence-electron chi connectivity index (χ2n) is 5.41. The Morgan fingerprint density at radius 2 is 1.85 bits per heavy atom. The third kappa shape index (κ3) is 5.19. The van der Waals surface area contributed by atoms with Crippen molar-refractivity contribution in [2.24, 2.45) is 5.73 Å². The lowest BCUT2D eigenvalue weighted by atomic mass is 10.1. The zero-order valence-electron chi connectivity index (χ0n) is 13.7. The minimum absolute atomic E-state index is 0.124. The molecule has 0 saturated carbocycles. The van der Waals surface area contributed by atoms with Gasteiger partial charge < -0.3 is 15.2 Å². The summed E-state index contributed by atoms with van der Waals surface area (Å²) in [7, 11) is 0. The number of hydrogen-bond acceptors (Lipinski definition) is 4. The second kappa shape index (κ2) is 8.66. The van der Waals surface area contributed by atoms with Gasteiger partial charge in [-0.3, -0.25) is 4.79 Å². The zero-order chi connectivity index (χ0) is 19.2. The second-order valence-corrected chi connectivity index (χ2v) is 5.41. The van der Waals surface area contributed by atoms with Crippen LogP contribution in [0.4, 0.5) is 17.6 Å². The summed E-state index contributed by atoms with van der Waals surface area (Å²) in [4.78, 5) is 11.2. The topological polar surface area (TPSA) is 61.6 Å². The number of ether oxygens (including phenoxy) is 2. The van der Waals surface area contributed by atoms with Gasteiger partial charge in [0.2, 0.25) is 0 Å². The number of alkyl halides is 3. The molecule has 0 spiro atoms. The lowest BCUT2D eigenvalue weighted by Crippen LogP contribution is -2.09. The highest BCUT2D eigenvalue weighted by molar-refractivity contribution is 5.80. The van der Waals surface area contributed by atoms with Crippen molar-refractivity contribution in [3.05, 3.63) is 58.9 Å². The van der Waals surface area contributed by atoms with Gasteiger partial charge in [0.15, 0.2) is 6.29 Å². The number of aldehydes is 1. The van der Waals surface area contributed by atoms with E-state index in [4.69, 9.17) is 15.2 Å².